The highest BCUT2D eigenvalue weighted by Gasteiger charge is 2.38. The van der Waals surface area contributed by atoms with Gasteiger partial charge in [0.25, 0.3) is 0 Å². The van der Waals surface area contributed by atoms with Crippen molar-refractivity contribution in [2.45, 2.75) is 90.6 Å². The first-order valence-electron chi connectivity index (χ1n) is 11.3. The predicted molar refractivity (Wildman–Crippen MR) is 140 cm³/mol. The molecule has 0 saturated heterocycles. The SMILES string of the molecule is C=CCOc1c(C(C)(C)C)cc(C)c([Si](C)C)c1C(C)(C)C1=CC([Si](C)(C)C)C=C1. The molecule has 1 aromatic rings. The molecule has 1 aromatic carbocycles. The Kier molecular flexibility index (Phi) is 7.20. The molecule has 1 radical (unpaired) electrons. The fourth-order valence-corrected chi connectivity index (χ4v) is 7.64. The van der Waals surface area contributed by atoms with Crippen molar-refractivity contribution < 1.29 is 4.74 Å². The van der Waals surface area contributed by atoms with Gasteiger partial charge in [-0.25, -0.2) is 0 Å². The number of aryl methyl sites for hydroxylation is 1. The molecule has 1 aliphatic rings. The molecule has 0 amide bonds. The maximum Gasteiger partial charge on any atom is 0.127 e. The van der Waals surface area contributed by atoms with Gasteiger partial charge in [-0.3, -0.25) is 0 Å². The highest BCUT2D eigenvalue weighted by molar-refractivity contribution is 6.78. The third-order valence-corrected chi connectivity index (χ3v) is 10.3. The summed E-state index contributed by atoms with van der Waals surface area (Å²) in [5.74, 6) is 1.09. The summed E-state index contributed by atoms with van der Waals surface area (Å²) in [5, 5.41) is 1.53. The van der Waals surface area contributed by atoms with Crippen molar-refractivity contribution in [2.75, 3.05) is 6.61 Å². The Labute approximate surface area is 188 Å². The maximum atomic E-state index is 6.49. The van der Waals surface area contributed by atoms with Gasteiger partial charge in [-0.05, 0) is 23.5 Å². The zero-order valence-electron chi connectivity index (χ0n) is 21.3. The number of benzene rings is 1. The van der Waals surface area contributed by atoms with Crippen molar-refractivity contribution in [1.29, 1.82) is 0 Å². The maximum absolute atomic E-state index is 6.49. The first-order chi connectivity index (χ1) is 13.6. The summed E-state index contributed by atoms with van der Waals surface area (Å²) in [4.78, 5) is 0. The van der Waals surface area contributed by atoms with Gasteiger partial charge >= 0.3 is 0 Å². The molecule has 165 valence electrons. The van der Waals surface area contributed by atoms with Gasteiger partial charge in [0.05, 0.1) is 16.9 Å². The van der Waals surface area contributed by atoms with Crippen LogP contribution in [-0.2, 0) is 10.8 Å². The number of ether oxygens (including phenoxy) is 1. The number of hydrogen-bond acceptors (Lipinski definition) is 1. The Morgan fingerprint density at radius 3 is 2.17 bits per heavy atom. The first-order valence-corrected chi connectivity index (χ1v) is 17.3. The minimum Gasteiger partial charge on any atom is -0.489 e. The van der Waals surface area contributed by atoms with Crippen LogP contribution in [0.5, 0.6) is 5.75 Å². The minimum atomic E-state index is -1.27. The van der Waals surface area contributed by atoms with Crippen molar-refractivity contribution in [3.8, 4) is 5.75 Å². The number of hydrogen-bond donors (Lipinski definition) is 0. The summed E-state index contributed by atoms with van der Waals surface area (Å²) in [7, 11) is -1.95. The van der Waals surface area contributed by atoms with E-state index in [9.17, 15) is 0 Å². The number of rotatable bonds is 7. The van der Waals surface area contributed by atoms with Crippen LogP contribution in [0.4, 0.5) is 0 Å². The van der Waals surface area contributed by atoms with Crippen LogP contribution in [0.15, 0.2) is 42.5 Å². The predicted octanol–water partition coefficient (Wildman–Crippen LogP) is 7.30. The molecule has 0 fully saturated rings. The fourth-order valence-electron chi connectivity index (χ4n) is 4.50. The van der Waals surface area contributed by atoms with Crippen molar-refractivity contribution in [2.24, 2.45) is 0 Å². The van der Waals surface area contributed by atoms with Crippen LogP contribution in [0.2, 0.25) is 38.3 Å². The molecular formula is C27H43OSi2. The fraction of sp³-hybridized carbons (Fsp3) is 0.556. The van der Waals surface area contributed by atoms with E-state index in [2.05, 4.69) is 105 Å². The summed E-state index contributed by atoms with van der Waals surface area (Å²) in [6, 6.07) is 2.38. The lowest BCUT2D eigenvalue weighted by Gasteiger charge is -2.36. The molecule has 3 heteroatoms. The van der Waals surface area contributed by atoms with Crippen LogP contribution in [0.3, 0.4) is 0 Å². The van der Waals surface area contributed by atoms with Crippen LogP contribution in [0.25, 0.3) is 0 Å². The second-order valence-electron chi connectivity index (χ2n) is 11.7. The molecule has 0 aromatic heterocycles. The van der Waals surface area contributed by atoms with Crippen molar-refractivity contribution in [3.63, 3.8) is 0 Å². The lowest BCUT2D eigenvalue weighted by molar-refractivity contribution is 0.341. The van der Waals surface area contributed by atoms with E-state index in [1.165, 1.54) is 27.5 Å². The minimum absolute atomic E-state index is 0.0137. The third kappa shape index (κ3) is 4.94. The van der Waals surface area contributed by atoms with Gasteiger partial charge in [0.15, 0.2) is 0 Å². The molecule has 0 saturated carbocycles. The molecule has 30 heavy (non-hydrogen) atoms. The van der Waals surface area contributed by atoms with E-state index in [-0.39, 0.29) is 10.8 Å². The summed E-state index contributed by atoms with van der Waals surface area (Å²) in [6.45, 7) is 30.6. The van der Waals surface area contributed by atoms with Crippen molar-refractivity contribution >= 4 is 22.1 Å². The van der Waals surface area contributed by atoms with E-state index < -0.39 is 16.9 Å². The monoisotopic (exact) mass is 439 g/mol. The molecule has 1 aliphatic carbocycles. The normalized spacial score (nSPS) is 17.5. The van der Waals surface area contributed by atoms with Gasteiger partial charge in [-0.15, -0.1) is 0 Å². The zero-order valence-corrected chi connectivity index (χ0v) is 23.3. The molecule has 0 bridgehead atoms. The lowest BCUT2D eigenvalue weighted by Crippen LogP contribution is -2.38. The van der Waals surface area contributed by atoms with E-state index in [1.54, 1.807) is 0 Å². The Hall–Kier alpha value is -1.33. The molecule has 0 aliphatic heterocycles. The lowest BCUT2D eigenvalue weighted by atomic mass is 9.73. The topological polar surface area (TPSA) is 9.23 Å². The molecule has 0 N–H and O–H groups in total. The van der Waals surface area contributed by atoms with Gasteiger partial charge < -0.3 is 4.74 Å². The molecule has 1 unspecified atom stereocenters. The average Bonchev–Trinajstić information content (AvgIpc) is 3.09. The highest BCUT2D eigenvalue weighted by Crippen LogP contribution is 2.46. The Morgan fingerprint density at radius 1 is 1.13 bits per heavy atom. The van der Waals surface area contributed by atoms with E-state index in [0.29, 0.717) is 12.1 Å². The number of allylic oxidation sites excluding steroid dienone is 4. The van der Waals surface area contributed by atoms with E-state index in [4.69, 9.17) is 4.74 Å². The second-order valence-corrected chi connectivity index (χ2v) is 19.6. The summed E-state index contributed by atoms with van der Waals surface area (Å²) < 4.78 is 6.49. The Balaban J connectivity index is 2.86. The summed E-state index contributed by atoms with van der Waals surface area (Å²) in [5.41, 5.74) is 6.07. The Morgan fingerprint density at radius 2 is 1.73 bits per heavy atom. The van der Waals surface area contributed by atoms with Crippen LogP contribution >= 0.6 is 0 Å². The standard InChI is InChI=1S/C27H43OSi2/c1-13-16-28-24-22(26(3,4)5)17-19(2)25(29(8)9)23(24)27(6,7)20-14-15-21(18-20)30(10,11)12/h13-15,17-18,21H,1,16H2,2-12H3. The van der Waals surface area contributed by atoms with Crippen LogP contribution in [-0.4, -0.2) is 23.5 Å². The largest absolute Gasteiger partial charge is 0.489 e. The van der Waals surface area contributed by atoms with Crippen LogP contribution in [0.1, 0.15) is 51.3 Å². The molecule has 0 heterocycles. The van der Waals surface area contributed by atoms with E-state index >= 15 is 0 Å². The van der Waals surface area contributed by atoms with Crippen molar-refractivity contribution in [3.05, 3.63) is 59.2 Å². The highest BCUT2D eigenvalue weighted by atomic mass is 28.3. The van der Waals surface area contributed by atoms with Crippen LogP contribution in [0, 0.1) is 6.92 Å². The second kappa shape index (κ2) is 8.66. The first kappa shape index (κ1) is 24.9. The smallest absolute Gasteiger partial charge is 0.127 e. The molecular weight excluding hydrogens is 396 g/mol. The van der Waals surface area contributed by atoms with Gasteiger partial charge in [0.2, 0.25) is 0 Å². The molecule has 1 nitrogen and oxygen atoms in total. The molecule has 1 atom stereocenters. The van der Waals surface area contributed by atoms with Crippen molar-refractivity contribution in [1.82, 2.24) is 0 Å². The Bertz CT molecular complexity index is 858. The van der Waals surface area contributed by atoms with E-state index in [0.717, 1.165) is 5.75 Å². The summed E-state index contributed by atoms with van der Waals surface area (Å²) >= 11 is 0. The van der Waals surface area contributed by atoms with Gasteiger partial charge in [0, 0.05) is 16.5 Å². The average molecular weight is 440 g/mol. The molecule has 2 rings (SSSR count). The van der Waals surface area contributed by atoms with Crippen LogP contribution < -0.4 is 9.92 Å². The van der Waals surface area contributed by atoms with Gasteiger partial charge in [-0.2, -0.15) is 0 Å². The summed E-state index contributed by atoms with van der Waals surface area (Å²) in [6.07, 6.45) is 9.24. The van der Waals surface area contributed by atoms with Gasteiger partial charge in [-0.1, -0.05) is 115 Å². The molecule has 0 spiro atoms. The zero-order chi connectivity index (χ0) is 23.1. The van der Waals surface area contributed by atoms with Gasteiger partial charge in [0.1, 0.15) is 12.4 Å². The third-order valence-electron chi connectivity index (χ3n) is 6.32. The van der Waals surface area contributed by atoms with E-state index in [1.807, 2.05) is 6.08 Å². The quantitative estimate of drug-likeness (QED) is 0.320.